The van der Waals surface area contributed by atoms with Crippen molar-refractivity contribution in [2.24, 2.45) is 0 Å². The molecule has 6 heteroatoms. The molecule has 0 saturated heterocycles. The van der Waals surface area contributed by atoms with Gasteiger partial charge in [0.15, 0.2) is 0 Å². The second-order valence-electron chi connectivity index (χ2n) is 4.59. The summed E-state index contributed by atoms with van der Waals surface area (Å²) < 4.78 is 4.70. The van der Waals surface area contributed by atoms with Gasteiger partial charge in [-0.3, -0.25) is 9.78 Å². The van der Waals surface area contributed by atoms with Crippen LogP contribution < -0.4 is 10.6 Å². The molecule has 2 rings (SSSR count). The predicted molar refractivity (Wildman–Crippen MR) is 88.7 cm³/mol. The summed E-state index contributed by atoms with van der Waals surface area (Å²) in [4.78, 5) is 28.1. The van der Waals surface area contributed by atoms with Crippen molar-refractivity contribution in [3.63, 3.8) is 0 Å². The molecule has 0 spiro atoms. The van der Waals surface area contributed by atoms with Crippen molar-refractivity contribution in [3.05, 3.63) is 66.5 Å². The lowest BCUT2D eigenvalue weighted by Crippen LogP contribution is -2.16. The number of para-hydroxylation sites is 1. The zero-order valence-electron chi connectivity index (χ0n) is 12.7. The molecule has 2 N–H and O–H groups in total. The third-order valence-electron chi connectivity index (χ3n) is 3.02. The Kier molecular flexibility index (Phi) is 5.46. The number of esters is 1. The highest BCUT2D eigenvalue weighted by Crippen LogP contribution is 2.17. The Morgan fingerprint density at radius 3 is 2.83 bits per heavy atom. The highest BCUT2D eigenvalue weighted by molar-refractivity contribution is 6.07. The Hall–Kier alpha value is -3.15. The molecule has 1 aromatic carbocycles. The van der Waals surface area contributed by atoms with Crippen LogP contribution in [-0.4, -0.2) is 30.5 Å². The van der Waals surface area contributed by atoms with Gasteiger partial charge in [0.1, 0.15) is 5.69 Å². The van der Waals surface area contributed by atoms with E-state index >= 15 is 0 Å². The third-order valence-corrected chi connectivity index (χ3v) is 3.02. The van der Waals surface area contributed by atoms with Crippen LogP contribution in [0.4, 0.5) is 11.4 Å². The number of ether oxygens (including phenoxy) is 1. The molecule has 0 aliphatic carbocycles. The Morgan fingerprint density at radius 2 is 2.09 bits per heavy atom. The van der Waals surface area contributed by atoms with Crippen LogP contribution in [0, 0.1) is 0 Å². The Labute approximate surface area is 134 Å². The summed E-state index contributed by atoms with van der Waals surface area (Å²) in [6.07, 6.45) is 3.25. The van der Waals surface area contributed by atoms with Crippen molar-refractivity contribution in [3.8, 4) is 0 Å². The second kappa shape index (κ2) is 7.74. The molecule has 0 unspecified atom stereocenters. The first-order valence-electron chi connectivity index (χ1n) is 6.95. The van der Waals surface area contributed by atoms with E-state index in [1.165, 1.54) is 13.3 Å². The van der Waals surface area contributed by atoms with Crippen molar-refractivity contribution in [1.29, 1.82) is 0 Å². The van der Waals surface area contributed by atoms with E-state index in [0.29, 0.717) is 12.2 Å². The van der Waals surface area contributed by atoms with Gasteiger partial charge >= 0.3 is 5.97 Å². The Bertz CT molecular complexity index is 729. The zero-order chi connectivity index (χ0) is 16.7. The summed E-state index contributed by atoms with van der Waals surface area (Å²) in [5, 5.41) is 5.76. The smallest absolute Gasteiger partial charge is 0.339 e. The summed E-state index contributed by atoms with van der Waals surface area (Å²) >= 11 is 0. The molecule has 0 bridgehead atoms. The monoisotopic (exact) mass is 311 g/mol. The van der Waals surface area contributed by atoms with Gasteiger partial charge in [0.05, 0.1) is 18.4 Å². The average molecular weight is 311 g/mol. The number of anilines is 2. The van der Waals surface area contributed by atoms with E-state index in [-0.39, 0.29) is 11.3 Å². The first kappa shape index (κ1) is 16.2. The molecular weight excluding hydrogens is 294 g/mol. The standard InChI is InChI=1S/C17H17N3O3/c1-3-9-18-12-8-10-19-15(11-12)16(21)20-14-7-5-4-6-13(14)17(22)23-2/h3-8,10-11H,1,9H2,2H3,(H,18,19)(H,20,21). The minimum Gasteiger partial charge on any atom is -0.465 e. The Morgan fingerprint density at radius 1 is 1.30 bits per heavy atom. The number of nitrogens with one attached hydrogen (secondary N) is 2. The summed E-state index contributed by atoms with van der Waals surface area (Å²) in [6.45, 7) is 4.20. The molecule has 0 radical (unpaired) electrons. The summed E-state index contributed by atoms with van der Waals surface area (Å²) in [5.41, 5.74) is 1.64. The molecule has 118 valence electrons. The first-order valence-corrected chi connectivity index (χ1v) is 6.95. The molecule has 0 saturated carbocycles. The fourth-order valence-electron chi connectivity index (χ4n) is 1.92. The lowest BCUT2D eigenvalue weighted by molar-refractivity contribution is 0.0602. The molecule has 1 heterocycles. The number of rotatable bonds is 6. The molecule has 0 aliphatic rings. The predicted octanol–water partition coefficient (Wildman–Crippen LogP) is 2.72. The summed E-state index contributed by atoms with van der Waals surface area (Å²) in [7, 11) is 1.29. The van der Waals surface area contributed by atoms with Crippen molar-refractivity contribution in [1.82, 2.24) is 4.98 Å². The number of carbonyl (C=O) groups excluding carboxylic acids is 2. The molecule has 0 atom stereocenters. The van der Waals surface area contributed by atoms with Gasteiger partial charge in [-0.1, -0.05) is 18.2 Å². The van der Waals surface area contributed by atoms with Crippen LogP contribution >= 0.6 is 0 Å². The number of benzene rings is 1. The van der Waals surface area contributed by atoms with Gasteiger partial charge in [0, 0.05) is 18.4 Å². The van der Waals surface area contributed by atoms with E-state index in [1.54, 1.807) is 42.5 Å². The minimum absolute atomic E-state index is 0.235. The third kappa shape index (κ3) is 4.16. The van der Waals surface area contributed by atoms with Crippen LogP contribution in [0.2, 0.25) is 0 Å². The fourth-order valence-corrected chi connectivity index (χ4v) is 1.92. The van der Waals surface area contributed by atoms with Gasteiger partial charge in [-0.05, 0) is 24.3 Å². The number of amides is 1. The van der Waals surface area contributed by atoms with Crippen LogP contribution in [0.15, 0.2) is 55.3 Å². The second-order valence-corrected chi connectivity index (χ2v) is 4.59. The van der Waals surface area contributed by atoms with Gasteiger partial charge in [0.25, 0.3) is 5.91 Å². The van der Waals surface area contributed by atoms with Gasteiger partial charge in [-0.2, -0.15) is 0 Å². The number of nitrogens with zero attached hydrogens (tertiary/aromatic N) is 1. The number of pyridine rings is 1. The molecule has 0 aliphatic heterocycles. The van der Waals surface area contributed by atoms with Gasteiger partial charge in [-0.15, -0.1) is 6.58 Å². The molecule has 2 aromatic rings. The summed E-state index contributed by atoms with van der Waals surface area (Å²) in [5.74, 6) is -0.932. The highest BCUT2D eigenvalue weighted by Gasteiger charge is 2.15. The SMILES string of the molecule is C=CCNc1ccnc(C(=O)Nc2ccccc2C(=O)OC)c1. The van der Waals surface area contributed by atoms with E-state index in [9.17, 15) is 9.59 Å². The maximum absolute atomic E-state index is 12.3. The number of hydrogen-bond acceptors (Lipinski definition) is 5. The molecule has 1 aromatic heterocycles. The molecule has 1 amide bonds. The van der Waals surface area contributed by atoms with Crippen LogP contribution in [0.1, 0.15) is 20.8 Å². The molecular formula is C17H17N3O3. The van der Waals surface area contributed by atoms with E-state index in [4.69, 9.17) is 4.74 Å². The van der Waals surface area contributed by atoms with Gasteiger partial charge in [-0.25, -0.2) is 4.79 Å². The highest BCUT2D eigenvalue weighted by atomic mass is 16.5. The van der Waals surface area contributed by atoms with Crippen LogP contribution in [0.5, 0.6) is 0 Å². The van der Waals surface area contributed by atoms with Crippen molar-refractivity contribution in [2.75, 3.05) is 24.3 Å². The van der Waals surface area contributed by atoms with E-state index in [2.05, 4.69) is 22.2 Å². The number of carbonyl (C=O) groups is 2. The summed E-state index contributed by atoms with van der Waals surface area (Å²) in [6, 6.07) is 10.0. The molecule has 6 nitrogen and oxygen atoms in total. The number of aromatic nitrogens is 1. The normalized spacial score (nSPS) is 9.78. The van der Waals surface area contributed by atoms with Gasteiger partial charge < -0.3 is 15.4 Å². The molecule has 23 heavy (non-hydrogen) atoms. The quantitative estimate of drug-likeness (QED) is 0.633. The van der Waals surface area contributed by atoms with Crippen molar-refractivity contribution < 1.29 is 14.3 Å². The van der Waals surface area contributed by atoms with Crippen LogP contribution in [0.25, 0.3) is 0 Å². The van der Waals surface area contributed by atoms with E-state index < -0.39 is 11.9 Å². The van der Waals surface area contributed by atoms with E-state index in [0.717, 1.165) is 5.69 Å². The first-order chi connectivity index (χ1) is 11.2. The maximum atomic E-state index is 12.3. The number of methoxy groups -OCH3 is 1. The fraction of sp³-hybridized carbons (Fsp3) is 0.118. The van der Waals surface area contributed by atoms with Crippen molar-refractivity contribution >= 4 is 23.3 Å². The van der Waals surface area contributed by atoms with Crippen molar-refractivity contribution in [2.45, 2.75) is 0 Å². The average Bonchev–Trinajstić information content (AvgIpc) is 2.60. The zero-order valence-corrected chi connectivity index (χ0v) is 12.7. The largest absolute Gasteiger partial charge is 0.465 e. The van der Waals surface area contributed by atoms with Crippen LogP contribution in [-0.2, 0) is 4.74 Å². The van der Waals surface area contributed by atoms with Crippen LogP contribution in [0.3, 0.4) is 0 Å². The maximum Gasteiger partial charge on any atom is 0.339 e. The topological polar surface area (TPSA) is 80.3 Å². The minimum atomic E-state index is -0.518. The lowest BCUT2D eigenvalue weighted by atomic mass is 10.1. The molecule has 0 fully saturated rings. The van der Waals surface area contributed by atoms with Gasteiger partial charge in [0.2, 0.25) is 0 Å². The lowest BCUT2D eigenvalue weighted by Gasteiger charge is -2.10. The van der Waals surface area contributed by atoms with E-state index in [1.807, 2.05) is 0 Å². The number of hydrogen-bond donors (Lipinski definition) is 2. The Balaban J connectivity index is 2.19.